The summed E-state index contributed by atoms with van der Waals surface area (Å²) >= 11 is 0. The van der Waals surface area contributed by atoms with Gasteiger partial charge < -0.3 is 14.5 Å². The summed E-state index contributed by atoms with van der Waals surface area (Å²) in [7, 11) is 1.57. The number of ether oxygens (including phenoxy) is 1. The van der Waals surface area contributed by atoms with E-state index in [1.807, 2.05) is 30.3 Å². The van der Waals surface area contributed by atoms with Crippen molar-refractivity contribution in [2.75, 3.05) is 12.4 Å². The van der Waals surface area contributed by atoms with Gasteiger partial charge in [-0.1, -0.05) is 24.3 Å². The third-order valence-corrected chi connectivity index (χ3v) is 3.08. The number of rotatable bonds is 4. The van der Waals surface area contributed by atoms with E-state index in [-0.39, 0.29) is 11.7 Å². The number of benzene rings is 2. The van der Waals surface area contributed by atoms with Gasteiger partial charge in [-0.25, -0.2) is 4.98 Å². The highest BCUT2D eigenvalue weighted by Crippen LogP contribution is 2.20. The summed E-state index contributed by atoms with van der Waals surface area (Å²) in [6.07, 6.45) is 1.41. The topological polar surface area (TPSA) is 64.4 Å². The number of anilines is 1. The van der Waals surface area contributed by atoms with E-state index in [0.29, 0.717) is 17.3 Å². The maximum Gasteiger partial charge on any atom is 0.293 e. The Balaban J connectivity index is 1.77. The number of oxazole rings is 1. The molecule has 0 saturated heterocycles. The van der Waals surface area contributed by atoms with Gasteiger partial charge in [0.2, 0.25) is 11.7 Å². The molecule has 110 valence electrons. The van der Waals surface area contributed by atoms with Crippen LogP contribution in [0.1, 0.15) is 10.6 Å². The molecule has 3 rings (SSSR count). The highest BCUT2D eigenvalue weighted by molar-refractivity contribution is 6.02. The van der Waals surface area contributed by atoms with Crippen molar-refractivity contribution in [1.29, 1.82) is 0 Å². The van der Waals surface area contributed by atoms with Crippen LogP contribution in [-0.4, -0.2) is 18.0 Å². The minimum absolute atomic E-state index is 0.154. The van der Waals surface area contributed by atoms with Crippen molar-refractivity contribution in [3.05, 3.63) is 66.6 Å². The largest absolute Gasteiger partial charge is 0.497 e. The lowest BCUT2D eigenvalue weighted by atomic mass is 10.2. The minimum Gasteiger partial charge on any atom is -0.497 e. The quantitative estimate of drug-likeness (QED) is 0.798. The molecule has 0 aliphatic rings. The number of nitrogens with one attached hydrogen (secondary N) is 1. The minimum atomic E-state index is -0.358. The standard InChI is InChI=1S/C17H14N2O3/c1-21-14-9-5-8-13(10-14)19-16(20)15-11-18-17(22-15)12-6-3-2-4-7-12/h2-11H,1H3,(H,19,20). The van der Waals surface area contributed by atoms with Crippen LogP contribution in [0, 0.1) is 0 Å². The predicted molar refractivity (Wildman–Crippen MR) is 82.9 cm³/mol. The van der Waals surface area contributed by atoms with Crippen LogP contribution in [0.5, 0.6) is 5.75 Å². The van der Waals surface area contributed by atoms with Crippen molar-refractivity contribution in [2.45, 2.75) is 0 Å². The van der Waals surface area contributed by atoms with Crippen LogP contribution in [0.2, 0.25) is 0 Å². The molecule has 0 spiro atoms. The zero-order valence-corrected chi connectivity index (χ0v) is 11.9. The van der Waals surface area contributed by atoms with Crippen molar-refractivity contribution in [2.24, 2.45) is 0 Å². The van der Waals surface area contributed by atoms with Crippen LogP contribution in [0.15, 0.2) is 65.2 Å². The molecule has 5 nitrogen and oxygen atoms in total. The van der Waals surface area contributed by atoms with Gasteiger partial charge in [0.15, 0.2) is 0 Å². The average Bonchev–Trinajstić information content (AvgIpc) is 3.06. The Labute approximate surface area is 127 Å². The molecule has 0 unspecified atom stereocenters. The first-order chi connectivity index (χ1) is 10.8. The Bertz CT molecular complexity index is 781. The van der Waals surface area contributed by atoms with Crippen LogP contribution in [0.3, 0.4) is 0 Å². The summed E-state index contributed by atoms with van der Waals surface area (Å²) in [5.41, 5.74) is 1.45. The van der Waals surface area contributed by atoms with Crippen LogP contribution in [0.25, 0.3) is 11.5 Å². The Morgan fingerprint density at radius 1 is 1.14 bits per heavy atom. The van der Waals surface area contributed by atoms with Crippen LogP contribution in [-0.2, 0) is 0 Å². The van der Waals surface area contributed by atoms with Gasteiger partial charge in [0, 0.05) is 17.3 Å². The summed E-state index contributed by atoms with van der Waals surface area (Å²) in [5.74, 6) is 0.876. The molecule has 0 radical (unpaired) electrons. The molecule has 0 aliphatic heterocycles. The van der Waals surface area contributed by atoms with E-state index in [2.05, 4.69) is 10.3 Å². The Hall–Kier alpha value is -3.08. The average molecular weight is 294 g/mol. The van der Waals surface area contributed by atoms with Gasteiger partial charge in [0.05, 0.1) is 13.3 Å². The molecular weight excluding hydrogens is 280 g/mol. The fourth-order valence-electron chi connectivity index (χ4n) is 1.99. The van der Waals surface area contributed by atoms with E-state index in [4.69, 9.17) is 9.15 Å². The number of hydrogen-bond donors (Lipinski definition) is 1. The Morgan fingerprint density at radius 3 is 2.73 bits per heavy atom. The third-order valence-electron chi connectivity index (χ3n) is 3.08. The van der Waals surface area contributed by atoms with E-state index in [1.54, 1.807) is 31.4 Å². The lowest BCUT2D eigenvalue weighted by Gasteiger charge is -2.05. The van der Waals surface area contributed by atoms with E-state index in [1.165, 1.54) is 6.20 Å². The van der Waals surface area contributed by atoms with Crippen molar-refractivity contribution in [3.8, 4) is 17.2 Å². The molecule has 0 bridgehead atoms. The fourth-order valence-corrected chi connectivity index (χ4v) is 1.99. The van der Waals surface area contributed by atoms with Crippen molar-refractivity contribution in [1.82, 2.24) is 4.98 Å². The van der Waals surface area contributed by atoms with Gasteiger partial charge in [-0.2, -0.15) is 0 Å². The van der Waals surface area contributed by atoms with E-state index < -0.39 is 0 Å². The molecule has 0 fully saturated rings. The molecule has 2 aromatic carbocycles. The zero-order valence-electron chi connectivity index (χ0n) is 11.9. The first kappa shape index (κ1) is 13.9. The number of nitrogens with zero attached hydrogens (tertiary/aromatic N) is 1. The Morgan fingerprint density at radius 2 is 1.95 bits per heavy atom. The second kappa shape index (κ2) is 6.13. The third kappa shape index (κ3) is 2.98. The molecule has 1 N–H and O–H groups in total. The molecular formula is C17H14N2O3. The zero-order chi connectivity index (χ0) is 15.4. The van der Waals surface area contributed by atoms with Gasteiger partial charge in [-0.3, -0.25) is 4.79 Å². The van der Waals surface area contributed by atoms with Gasteiger partial charge in [0.25, 0.3) is 5.91 Å². The smallest absolute Gasteiger partial charge is 0.293 e. The first-order valence-corrected chi connectivity index (χ1v) is 6.73. The molecule has 22 heavy (non-hydrogen) atoms. The normalized spacial score (nSPS) is 10.2. The lowest BCUT2D eigenvalue weighted by Crippen LogP contribution is -2.10. The van der Waals surface area contributed by atoms with Crippen molar-refractivity contribution >= 4 is 11.6 Å². The molecule has 0 saturated carbocycles. The number of methoxy groups -OCH3 is 1. The number of carbonyl (C=O) groups excluding carboxylic acids is 1. The second-order valence-corrected chi connectivity index (χ2v) is 4.58. The van der Waals surface area contributed by atoms with E-state index >= 15 is 0 Å². The van der Waals surface area contributed by atoms with Gasteiger partial charge in [-0.05, 0) is 24.3 Å². The van der Waals surface area contributed by atoms with Gasteiger partial charge >= 0.3 is 0 Å². The van der Waals surface area contributed by atoms with Crippen LogP contribution >= 0.6 is 0 Å². The first-order valence-electron chi connectivity index (χ1n) is 6.73. The Kier molecular flexibility index (Phi) is 3.87. The fraction of sp³-hybridized carbons (Fsp3) is 0.0588. The number of carbonyl (C=O) groups is 1. The van der Waals surface area contributed by atoms with Crippen LogP contribution < -0.4 is 10.1 Å². The molecule has 1 heterocycles. The molecule has 5 heteroatoms. The maximum atomic E-state index is 12.2. The lowest BCUT2D eigenvalue weighted by molar-refractivity contribution is 0.0997. The SMILES string of the molecule is COc1cccc(NC(=O)c2cnc(-c3ccccc3)o2)c1. The van der Waals surface area contributed by atoms with E-state index in [9.17, 15) is 4.79 Å². The summed E-state index contributed by atoms with van der Waals surface area (Å²) in [4.78, 5) is 16.3. The molecule has 0 atom stereocenters. The van der Waals surface area contributed by atoms with Crippen molar-refractivity contribution in [3.63, 3.8) is 0 Å². The maximum absolute atomic E-state index is 12.2. The monoisotopic (exact) mass is 294 g/mol. The molecule has 3 aromatic rings. The van der Waals surface area contributed by atoms with Crippen LogP contribution in [0.4, 0.5) is 5.69 Å². The highest BCUT2D eigenvalue weighted by Gasteiger charge is 2.14. The summed E-state index contributed by atoms with van der Waals surface area (Å²) < 4.78 is 10.6. The van der Waals surface area contributed by atoms with Crippen molar-refractivity contribution < 1.29 is 13.9 Å². The predicted octanol–water partition coefficient (Wildman–Crippen LogP) is 3.60. The molecule has 1 aromatic heterocycles. The van der Waals surface area contributed by atoms with E-state index in [0.717, 1.165) is 5.56 Å². The van der Waals surface area contributed by atoms with Gasteiger partial charge in [0.1, 0.15) is 5.75 Å². The number of amides is 1. The van der Waals surface area contributed by atoms with Gasteiger partial charge in [-0.15, -0.1) is 0 Å². The molecule has 1 amide bonds. The summed E-state index contributed by atoms with van der Waals surface area (Å²) in [6, 6.07) is 16.5. The summed E-state index contributed by atoms with van der Waals surface area (Å²) in [5, 5.41) is 2.75. The number of aromatic nitrogens is 1. The number of hydrogen-bond acceptors (Lipinski definition) is 4. The highest BCUT2D eigenvalue weighted by atomic mass is 16.5. The second-order valence-electron chi connectivity index (χ2n) is 4.58. The molecule has 0 aliphatic carbocycles. The summed E-state index contributed by atoms with van der Waals surface area (Å²) in [6.45, 7) is 0.